The maximum absolute atomic E-state index is 12.2. The van der Waals surface area contributed by atoms with Gasteiger partial charge in [0.25, 0.3) is 0 Å². The summed E-state index contributed by atoms with van der Waals surface area (Å²) >= 11 is 0. The molecule has 0 aliphatic heterocycles. The molecule has 3 nitrogen and oxygen atoms in total. The molecule has 0 saturated carbocycles. The van der Waals surface area contributed by atoms with Crippen molar-refractivity contribution in [2.45, 2.75) is 19.1 Å². The third-order valence-corrected chi connectivity index (χ3v) is 2.38. The van der Waals surface area contributed by atoms with E-state index in [-0.39, 0.29) is 6.54 Å². The van der Waals surface area contributed by atoms with Gasteiger partial charge in [0.15, 0.2) is 0 Å². The monoisotopic (exact) mass is 262 g/mol. The SMILES string of the molecule is CCOc1ccccc1C(CN)NCC(F)(F)F. The molecule has 18 heavy (non-hydrogen) atoms. The summed E-state index contributed by atoms with van der Waals surface area (Å²) < 4.78 is 41.9. The zero-order chi connectivity index (χ0) is 13.6. The molecule has 0 aliphatic carbocycles. The zero-order valence-electron chi connectivity index (χ0n) is 10.1. The number of hydrogen-bond donors (Lipinski definition) is 2. The molecule has 3 N–H and O–H groups in total. The molecule has 0 heterocycles. The molecule has 0 amide bonds. The standard InChI is InChI=1S/C12H17F3N2O/c1-2-18-11-6-4-3-5-9(11)10(7-16)17-8-12(13,14)15/h3-6,10,17H,2,7-8,16H2,1H3. The number of ether oxygens (including phenoxy) is 1. The molecule has 0 spiro atoms. The minimum Gasteiger partial charge on any atom is -0.494 e. The highest BCUT2D eigenvalue weighted by molar-refractivity contribution is 5.36. The average molecular weight is 262 g/mol. The van der Waals surface area contributed by atoms with Crippen LogP contribution in [0.3, 0.4) is 0 Å². The van der Waals surface area contributed by atoms with E-state index < -0.39 is 18.8 Å². The fraction of sp³-hybridized carbons (Fsp3) is 0.500. The van der Waals surface area contributed by atoms with Crippen molar-refractivity contribution in [3.05, 3.63) is 29.8 Å². The van der Waals surface area contributed by atoms with E-state index in [9.17, 15) is 13.2 Å². The van der Waals surface area contributed by atoms with Crippen LogP contribution < -0.4 is 15.8 Å². The van der Waals surface area contributed by atoms with Crippen LogP contribution in [-0.4, -0.2) is 25.9 Å². The second-order valence-electron chi connectivity index (χ2n) is 3.76. The molecule has 0 aromatic heterocycles. The molecule has 1 aromatic carbocycles. The predicted molar refractivity (Wildman–Crippen MR) is 63.5 cm³/mol. The van der Waals surface area contributed by atoms with Crippen molar-refractivity contribution in [2.24, 2.45) is 5.73 Å². The van der Waals surface area contributed by atoms with Gasteiger partial charge in [-0.05, 0) is 13.0 Å². The number of alkyl halides is 3. The molecule has 0 saturated heterocycles. The Bertz CT molecular complexity index is 369. The Balaban J connectivity index is 2.81. The third kappa shape index (κ3) is 4.54. The molecule has 0 bridgehead atoms. The molecule has 6 heteroatoms. The first kappa shape index (κ1) is 14.8. The molecule has 0 aliphatic rings. The molecule has 102 valence electrons. The molecule has 1 atom stereocenters. The van der Waals surface area contributed by atoms with E-state index in [1.165, 1.54) is 0 Å². The van der Waals surface area contributed by atoms with Crippen molar-refractivity contribution in [2.75, 3.05) is 19.7 Å². The lowest BCUT2D eigenvalue weighted by Gasteiger charge is -2.21. The van der Waals surface area contributed by atoms with Gasteiger partial charge >= 0.3 is 6.18 Å². The van der Waals surface area contributed by atoms with E-state index in [0.717, 1.165) is 0 Å². The number of rotatable bonds is 6. The highest BCUT2D eigenvalue weighted by atomic mass is 19.4. The maximum atomic E-state index is 12.2. The first-order valence-corrected chi connectivity index (χ1v) is 5.70. The van der Waals surface area contributed by atoms with Crippen molar-refractivity contribution < 1.29 is 17.9 Å². The van der Waals surface area contributed by atoms with E-state index in [0.29, 0.717) is 17.9 Å². The van der Waals surface area contributed by atoms with Crippen LogP contribution in [0.15, 0.2) is 24.3 Å². The van der Waals surface area contributed by atoms with Gasteiger partial charge in [-0.15, -0.1) is 0 Å². The van der Waals surface area contributed by atoms with E-state index in [2.05, 4.69) is 5.32 Å². The minimum absolute atomic E-state index is 0.0696. The quantitative estimate of drug-likeness (QED) is 0.826. The largest absolute Gasteiger partial charge is 0.494 e. The van der Waals surface area contributed by atoms with Gasteiger partial charge in [-0.25, -0.2) is 0 Å². The molecule has 1 unspecified atom stereocenters. The van der Waals surface area contributed by atoms with Crippen LogP contribution in [-0.2, 0) is 0 Å². The molecule has 1 rings (SSSR count). The van der Waals surface area contributed by atoms with E-state index in [4.69, 9.17) is 10.5 Å². The highest BCUT2D eigenvalue weighted by Gasteiger charge is 2.28. The molecular weight excluding hydrogens is 245 g/mol. The van der Waals surface area contributed by atoms with Crippen LogP contribution in [0.1, 0.15) is 18.5 Å². The summed E-state index contributed by atoms with van der Waals surface area (Å²) in [4.78, 5) is 0. The molecule has 0 fully saturated rings. The lowest BCUT2D eigenvalue weighted by molar-refractivity contribution is -0.126. The Morgan fingerprint density at radius 3 is 2.56 bits per heavy atom. The van der Waals surface area contributed by atoms with Gasteiger partial charge in [0.2, 0.25) is 0 Å². The topological polar surface area (TPSA) is 47.3 Å². The van der Waals surface area contributed by atoms with Crippen molar-refractivity contribution >= 4 is 0 Å². The van der Waals surface area contributed by atoms with Gasteiger partial charge in [0, 0.05) is 18.2 Å². The van der Waals surface area contributed by atoms with Crippen LogP contribution in [0.5, 0.6) is 5.75 Å². The van der Waals surface area contributed by atoms with Crippen LogP contribution >= 0.6 is 0 Å². The lowest BCUT2D eigenvalue weighted by Crippen LogP contribution is -2.35. The third-order valence-electron chi connectivity index (χ3n) is 2.38. The second kappa shape index (κ2) is 6.61. The van der Waals surface area contributed by atoms with Crippen molar-refractivity contribution in [3.8, 4) is 5.75 Å². The average Bonchev–Trinajstić information content (AvgIpc) is 2.31. The Morgan fingerprint density at radius 2 is 2.00 bits per heavy atom. The Hall–Kier alpha value is -1.27. The first-order chi connectivity index (χ1) is 8.48. The Kier molecular flexibility index (Phi) is 5.43. The zero-order valence-corrected chi connectivity index (χ0v) is 10.1. The predicted octanol–water partition coefficient (Wildman–Crippen LogP) is 2.24. The van der Waals surface area contributed by atoms with E-state index in [1.54, 1.807) is 24.3 Å². The number of nitrogens with one attached hydrogen (secondary N) is 1. The minimum atomic E-state index is -4.26. The van der Waals surface area contributed by atoms with Crippen LogP contribution in [0.2, 0.25) is 0 Å². The summed E-state index contributed by atoms with van der Waals surface area (Å²) in [6.07, 6.45) is -4.26. The fourth-order valence-corrected chi connectivity index (χ4v) is 1.61. The van der Waals surface area contributed by atoms with Gasteiger partial charge in [0.05, 0.1) is 13.2 Å². The number of halogens is 3. The van der Waals surface area contributed by atoms with Crippen LogP contribution in [0, 0.1) is 0 Å². The first-order valence-electron chi connectivity index (χ1n) is 5.70. The van der Waals surface area contributed by atoms with Gasteiger partial charge in [-0.3, -0.25) is 0 Å². The lowest BCUT2D eigenvalue weighted by atomic mass is 10.1. The number of para-hydroxylation sites is 1. The summed E-state index contributed by atoms with van der Waals surface area (Å²) in [5.74, 6) is 0.560. The van der Waals surface area contributed by atoms with Gasteiger partial charge in [-0.1, -0.05) is 18.2 Å². The van der Waals surface area contributed by atoms with Crippen molar-refractivity contribution in [3.63, 3.8) is 0 Å². The maximum Gasteiger partial charge on any atom is 0.401 e. The van der Waals surface area contributed by atoms with E-state index >= 15 is 0 Å². The van der Waals surface area contributed by atoms with Gasteiger partial charge < -0.3 is 15.8 Å². The normalized spacial score (nSPS) is 13.4. The molecule has 0 radical (unpaired) electrons. The van der Waals surface area contributed by atoms with Crippen molar-refractivity contribution in [1.82, 2.24) is 5.32 Å². The number of hydrogen-bond acceptors (Lipinski definition) is 3. The summed E-state index contributed by atoms with van der Waals surface area (Å²) in [5.41, 5.74) is 6.16. The smallest absolute Gasteiger partial charge is 0.401 e. The van der Waals surface area contributed by atoms with Crippen LogP contribution in [0.25, 0.3) is 0 Å². The van der Waals surface area contributed by atoms with E-state index in [1.807, 2.05) is 6.92 Å². The Labute approximate surface area is 104 Å². The van der Waals surface area contributed by atoms with Gasteiger partial charge in [0.1, 0.15) is 5.75 Å². The highest BCUT2D eigenvalue weighted by Crippen LogP contribution is 2.25. The van der Waals surface area contributed by atoms with Crippen LogP contribution in [0.4, 0.5) is 13.2 Å². The molecular formula is C12H17F3N2O. The number of benzene rings is 1. The second-order valence-corrected chi connectivity index (χ2v) is 3.76. The van der Waals surface area contributed by atoms with Crippen molar-refractivity contribution in [1.29, 1.82) is 0 Å². The summed E-state index contributed by atoms with van der Waals surface area (Å²) in [7, 11) is 0. The summed E-state index contributed by atoms with van der Waals surface area (Å²) in [6, 6.07) is 6.37. The summed E-state index contributed by atoms with van der Waals surface area (Å²) in [5, 5.41) is 2.39. The Morgan fingerprint density at radius 1 is 1.33 bits per heavy atom. The molecule has 1 aromatic rings. The fourth-order valence-electron chi connectivity index (χ4n) is 1.61. The number of nitrogens with two attached hydrogens (primary N) is 1. The summed E-state index contributed by atoms with van der Waals surface area (Å²) in [6.45, 7) is 1.26. The van der Waals surface area contributed by atoms with Gasteiger partial charge in [-0.2, -0.15) is 13.2 Å².